The van der Waals surface area contributed by atoms with E-state index >= 15 is 0 Å². The number of β-amino-alcohol motifs (C(OH)–C–C–N with tert-alkyl or cyclic N) is 1. The second-order valence-corrected chi connectivity index (χ2v) is 6.40. The average molecular weight is 309 g/mol. The second-order valence-electron chi connectivity index (χ2n) is 6.40. The van der Waals surface area contributed by atoms with Crippen molar-refractivity contribution in [2.45, 2.75) is 43.8 Å². The zero-order chi connectivity index (χ0) is 15.2. The molecule has 2 aliphatic heterocycles. The molecule has 0 saturated carbocycles. The molecule has 3 atom stereocenters. The minimum Gasteiger partial charge on any atom is -0.389 e. The SMILES string of the molecule is O[C@H](COC[C@H]1CCCO1)CN1CCC[C@@H](c2ncc[nH]2)C1. The molecule has 6 nitrogen and oxygen atoms in total. The van der Waals surface area contributed by atoms with Crippen molar-refractivity contribution in [2.24, 2.45) is 0 Å². The van der Waals surface area contributed by atoms with Crippen molar-refractivity contribution in [1.29, 1.82) is 0 Å². The Hall–Kier alpha value is -0.950. The number of H-pyrrole nitrogens is 1. The van der Waals surface area contributed by atoms with E-state index in [0.717, 1.165) is 51.2 Å². The Morgan fingerprint density at radius 2 is 2.41 bits per heavy atom. The van der Waals surface area contributed by atoms with E-state index in [0.29, 0.717) is 25.7 Å². The fraction of sp³-hybridized carbons (Fsp3) is 0.812. The van der Waals surface area contributed by atoms with E-state index in [-0.39, 0.29) is 6.10 Å². The van der Waals surface area contributed by atoms with Crippen molar-refractivity contribution < 1.29 is 14.6 Å². The van der Waals surface area contributed by atoms with Gasteiger partial charge in [0.25, 0.3) is 0 Å². The molecule has 0 aromatic carbocycles. The summed E-state index contributed by atoms with van der Waals surface area (Å²) in [7, 11) is 0. The smallest absolute Gasteiger partial charge is 0.110 e. The summed E-state index contributed by atoms with van der Waals surface area (Å²) in [5.41, 5.74) is 0. The van der Waals surface area contributed by atoms with Crippen LogP contribution >= 0.6 is 0 Å². The zero-order valence-corrected chi connectivity index (χ0v) is 13.1. The molecule has 1 aromatic heterocycles. The van der Waals surface area contributed by atoms with E-state index in [9.17, 15) is 5.11 Å². The largest absolute Gasteiger partial charge is 0.389 e. The van der Waals surface area contributed by atoms with E-state index in [2.05, 4.69) is 14.9 Å². The number of nitrogens with zero attached hydrogens (tertiary/aromatic N) is 2. The first-order valence-corrected chi connectivity index (χ1v) is 8.40. The van der Waals surface area contributed by atoms with E-state index in [1.54, 1.807) is 0 Å². The molecule has 3 rings (SSSR count). The van der Waals surface area contributed by atoms with Crippen LogP contribution < -0.4 is 0 Å². The van der Waals surface area contributed by atoms with Crippen molar-refractivity contribution in [1.82, 2.24) is 14.9 Å². The highest BCUT2D eigenvalue weighted by Crippen LogP contribution is 2.24. The van der Waals surface area contributed by atoms with Gasteiger partial charge >= 0.3 is 0 Å². The summed E-state index contributed by atoms with van der Waals surface area (Å²) in [4.78, 5) is 9.89. The van der Waals surface area contributed by atoms with Gasteiger partial charge < -0.3 is 19.6 Å². The third-order valence-corrected chi connectivity index (χ3v) is 4.52. The summed E-state index contributed by atoms with van der Waals surface area (Å²) in [5.74, 6) is 1.51. The van der Waals surface area contributed by atoms with Crippen molar-refractivity contribution in [3.63, 3.8) is 0 Å². The van der Waals surface area contributed by atoms with Crippen LogP contribution in [0.5, 0.6) is 0 Å². The molecule has 0 bridgehead atoms. The minimum absolute atomic E-state index is 0.227. The number of hydrogen-bond acceptors (Lipinski definition) is 5. The second kappa shape index (κ2) is 8.06. The Balaban J connectivity index is 1.36. The highest BCUT2D eigenvalue weighted by Gasteiger charge is 2.24. The van der Waals surface area contributed by atoms with Crippen molar-refractivity contribution in [3.05, 3.63) is 18.2 Å². The van der Waals surface area contributed by atoms with Gasteiger partial charge in [-0.1, -0.05) is 0 Å². The van der Waals surface area contributed by atoms with Gasteiger partial charge in [-0.05, 0) is 32.2 Å². The van der Waals surface area contributed by atoms with Gasteiger partial charge in [0.2, 0.25) is 0 Å². The topological polar surface area (TPSA) is 70.6 Å². The molecule has 2 saturated heterocycles. The fourth-order valence-electron chi connectivity index (χ4n) is 3.41. The lowest BCUT2D eigenvalue weighted by molar-refractivity contribution is -0.0270. The number of rotatable bonds is 7. The number of nitrogens with one attached hydrogen (secondary N) is 1. The molecule has 0 spiro atoms. The predicted molar refractivity (Wildman–Crippen MR) is 82.8 cm³/mol. The van der Waals surface area contributed by atoms with Crippen LogP contribution in [0.15, 0.2) is 12.4 Å². The molecule has 6 heteroatoms. The standard InChI is InChI=1S/C16H27N3O3/c20-14(11-21-12-15-4-2-8-22-15)10-19-7-1-3-13(9-19)16-17-5-6-18-16/h5-6,13-15,20H,1-4,7-12H2,(H,17,18)/t13-,14+,15-/m1/s1. The fourth-order valence-corrected chi connectivity index (χ4v) is 3.41. The van der Waals surface area contributed by atoms with Crippen LogP contribution in [0.2, 0.25) is 0 Å². The molecule has 0 amide bonds. The van der Waals surface area contributed by atoms with Gasteiger partial charge in [0.15, 0.2) is 0 Å². The minimum atomic E-state index is -0.434. The molecule has 22 heavy (non-hydrogen) atoms. The number of piperidine rings is 1. The molecule has 0 radical (unpaired) electrons. The predicted octanol–water partition coefficient (Wildman–Crippen LogP) is 1.15. The summed E-state index contributed by atoms with van der Waals surface area (Å²) in [6, 6.07) is 0. The first-order chi connectivity index (χ1) is 10.8. The molecule has 1 aromatic rings. The highest BCUT2D eigenvalue weighted by atomic mass is 16.5. The number of aliphatic hydroxyl groups is 1. The van der Waals surface area contributed by atoms with Crippen LogP contribution in [-0.2, 0) is 9.47 Å². The van der Waals surface area contributed by atoms with Gasteiger partial charge in [0.05, 0.1) is 25.4 Å². The lowest BCUT2D eigenvalue weighted by Gasteiger charge is -2.33. The normalized spacial score (nSPS) is 28.0. The van der Waals surface area contributed by atoms with Crippen LogP contribution in [0.1, 0.15) is 37.4 Å². The van der Waals surface area contributed by atoms with Crippen molar-refractivity contribution >= 4 is 0 Å². The summed E-state index contributed by atoms with van der Waals surface area (Å²) in [6.45, 7) is 4.51. The van der Waals surface area contributed by atoms with Gasteiger partial charge in [-0.3, -0.25) is 4.90 Å². The van der Waals surface area contributed by atoms with Crippen molar-refractivity contribution in [3.8, 4) is 0 Å². The Kier molecular flexibility index (Phi) is 5.83. The lowest BCUT2D eigenvalue weighted by atomic mass is 9.97. The molecule has 2 fully saturated rings. The number of likely N-dealkylation sites (tertiary alicyclic amines) is 1. The average Bonchev–Trinajstić information content (AvgIpc) is 3.21. The van der Waals surface area contributed by atoms with Gasteiger partial charge in [0.1, 0.15) is 5.82 Å². The number of imidazole rings is 1. The molecular weight excluding hydrogens is 282 g/mol. The maximum absolute atomic E-state index is 10.2. The van der Waals surface area contributed by atoms with Crippen LogP contribution in [0.4, 0.5) is 0 Å². The van der Waals surface area contributed by atoms with Crippen molar-refractivity contribution in [2.75, 3.05) is 39.5 Å². The number of aliphatic hydroxyl groups excluding tert-OH is 1. The maximum Gasteiger partial charge on any atom is 0.110 e. The summed E-state index contributed by atoms with van der Waals surface area (Å²) in [6.07, 6.45) is 7.99. The monoisotopic (exact) mass is 309 g/mol. The first kappa shape index (κ1) is 15.9. The van der Waals surface area contributed by atoms with Crippen LogP contribution in [-0.4, -0.2) is 71.6 Å². The van der Waals surface area contributed by atoms with Crippen LogP contribution in [0, 0.1) is 0 Å². The maximum atomic E-state index is 10.2. The highest BCUT2D eigenvalue weighted by molar-refractivity contribution is 4.99. The quantitative estimate of drug-likeness (QED) is 0.790. The van der Waals surface area contributed by atoms with E-state index in [1.165, 1.54) is 0 Å². The van der Waals surface area contributed by atoms with E-state index in [4.69, 9.17) is 9.47 Å². The third-order valence-electron chi connectivity index (χ3n) is 4.52. The zero-order valence-electron chi connectivity index (χ0n) is 13.1. The molecule has 0 unspecified atom stereocenters. The number of aromatic amines is 1. The Labute approximate surface area is 131 Å². The van der Waals surface area contributed by atoms with Gasteiger partial charge in [-0.25, -0.2) is 4.98 Å². The molecule has 0 aliphatic carbocycles. The van der Waals surface area contributed by atoms with Crippen LogP contribution in [0.3, 0.4) is 0 Å². The molecule has 2 aliphatic rings. The molecular formula is C16H27N3O3. The van der Waals surface area contributed by atoms with Crippen LogP contribution in [0.25, 0.3) is 0 Å². The van der Waals surface area contributed by atoms with E-state index in [1.807, 2.05) is 12.4 Å². The van der Waals surface area contributed by atoms with E-state index < -0.39 is 6.10 Å². The Bertz CT molecular complexity index is 420. The van der Waals surface area contributed by atoms with Gasteiger partial charge in [-0.15, -0.1) is 0 Å². The third kappa shape index (κ3) is 4.52. The molecule has 2 N–H and O–H groups in total. The number of ether oxygens (including phenoxy) is 2. The molecule has 124 valence electrons. The van der Waals surface area contributed by atoms with Gasteiger partial charge in [0, 0.05) is 38.0 Å². The lowest BCUT2D eigenvalue weighted by Crippen LogP contribution is -2.41. The Morgan fingerprint density at radius 1 is 1.45 bits per heavy atom. The number of hydrogen-bond donors (Lipinski definition) is 2. The summed E-state index contributed by atoms with van der Waals surface area (Å²) in [5, 5.41) is 10.2. The Morgan fingerprint density at radius 3 is 3.18 bits per heavy atom. The molecule has 3 heterocycles. The first-order valence-electron chi connectivity index (χ1n) is 8.40. The summed E-state index contributed by atoms with van der Waals surface area (Å²) < 4.78 is 11.1. The summed E-state index contributed by atoms with van der Waals surface area (Å²) >= 11 is 0. The van der Waals surface area contributed by atoms with Gasteiger partial charge in [-0.2, -0.15) is 0 Å². The number of aromatic nitrogens is 2.